The molecule has 4 nitrogen and oxygen atoms in total. The lowest BCUT2D eigenvalue weighted by Crippen LogP contribution is -2.44. The quantitative estimate of drug-likeness (QED) is 0.153. The standard InChI is InChI=1S/C34H31FO4/c1-33(2,3)32(36)39-27-17-18-28(38-20-37-4)31-30(27)29-23-9-5-7-11-25(23)34(31,26-12-8-6-10-24(26)29)19-21-13-15-22(35)16-14-21/h5-18,29H,19-20H2,1-4H3. The number of ether oxygens (including phenoxy) is 3. The van der Waals surface area contributed by atoms with E-state index >= 15 is 0 Å². The van der Waals surface area contributed by atoms with Crippen LogP contribution in [0.1, 0.15) is 65.6 Å². The SMILES string of the molecule is COCOc1ccc(OC(=O)C(C)(C)C)c2c1C1(Cc3ccc(F)cc3)c3ccccc3C2c2ccccc21. The molecule has 0 aromatic heterocycles. The maximum atomic E-state index is 14.0. The fourth-order valence-electron chi connectivity index (χ4n) is 6.25. The summed E-state index contributed by atoms with van der Waals surface area (Å²) in [5.41, 5.74) is 6.23. The van der Waals surface area contributed by atoms with Crippen LogP contribution >= 0.6 is 0 Å². The Hall–Kier alpha value is -3.96. The van der Waals surface area contributed by atoms with Gasteiger partial charge in [-0.05, 0) is 79.3 Å². The Balaban J connectivity index is 1.70. The number of esters is 1. The van der Waals surface area contributed by atoms with Gasteiger partial charge in [0, 0.05) is 24.2 Å². The first-order valence-electron chi connectivity index (χ1n) is 13.2. The van der Waals surface area contributed by atoms with Gasteiger partial charge in [0.05, 0.1) is 10.8 Å². The first-order chi connectivity index (χ1) is 18.8. The first-order valence-corrected chi connectivity index (χ1v) is 13.2. The van der Waals surface area contributed by atoms with E-state index in [1.54, 1.807) is 7.11 Å². The maximum absolute atomic E-state index is 14.0. The summed E-state index contributed by atoms with van der Waals surface area (Å²) in [6.45, 7) is 5.63. The molecule has 0 heterocycles. The summed E-state index contributed by atoms with van der Waals surface area (Å²) in [4.78, 5) is 13.2. The third-order valence-electron chi connectivity index (χ3n) is 7.88. The van der Waals surface area contributed by atoms with Crippen LogP contribution in [0.2, 0.25) is 0 Å². The van der Waals surface area contributed by atoms with E-state index in [-0.39, 0.29) is 24.5 Å². The van der Waals surface area contributed by atoms with Crippen molar-refractivity contribution in [3.05, 3.63) is 130 Å². The van der Waals surface area contributed by atoms with Crippen LogP contribution in [0.5, 0.6) is 11.5 Å². The molecule has 4 aromatic rings. The number of carbonyl (C=O) groups excluding carboxylic acids is 1. The van der Waals surface area contributed by atoms with Gasteiger partial charge in [0.1, 0.15) is 17.3 Å². The van der Waals surface area contributed by atoms with Crippen molar-refractivity contribution in [3.63, 3.8) is 0 Å². The number of benzene rings is 4. The van der Waals surface area contributed by atoms with E-state index in [0.717, 1.165) is 16.7 Å². The average Bonchev–Trinajstić information content (AvgIpc) is 2.93. The predicted octanol–water partition coefficient (Wildman–Crippen LogP) is 7.14. The molecule has 39 heavy (non-hydrogen) atoms. The van der Waals surface area contributed by atoms with Crippen LogP contribution in [0.3, 0.4) is 0 Å². The third kappa shape index (κ3) is 3.95. The van der Waals surface area contributed by atoms with Crippen molar-refractivity contribution in [3.8, 4) is 11.5 Å². The molecule has 0 saturated heterocycles. The average molecular weight is 523 g/mol. The van der Waals surface area contributed by atoms with E-state index in [1.165, 1.54) is 34.4 Å². The minimum absolute atomic E-state index is 0.0775. The minimum atomic E-state index is -0.673. The Morgan fingerprint density at radius 2 is 1.44 bits per heavy atom. The van der Waals surface area contributed by atoms with Crippen molar-refractivity contribution in [2.75, 3.05) is 13.9 Å². The molecule has 0 radical (unpaired) electrons. The van der Waals surface area contributed by atoms with E-state index in [2.05, 4.69) is 48.5 Å². The number of halogens is 1. The van der Waals surface area contributed by atoms with Crippen LogP contribution in [0.4, 0.5) is 4.39 Å². The van der Waals surface area contributed by atoms with E-state index in [9.17, 15) is 9.18 Å². The summed E-state index contributed by atoms with van der Waals surface area (Å²) in [6, 6.07) is 27.3. The van der Waals surface area contributed by atoms with Gasteiger partial charge in [0.2, 0.25) is 0 Å². The zero-order valence-corrected chi connectivity index (χ0v) is 22.6. The molecule has 5 heteroatoms. The summed E-state index contributed by atoms with van der Waals surface area (Å²) in [7, 11) is 1.59. The number of rotatable bonds is 6. The summed E-state index contributed by atoms with van der Waals surface area (Å²) >= 11 is 0. The second-order valence-electron chi connectivity index (χ2n) is 11.4. The smallest absolute Gasteiger partial charge is 0.316 e. The van der Waals surface area contributed by atoms with Crippen LogP contribution in [-0.4, -0.2) is 19.9 Å². The van der Waals surface area contributed by atoms with Crippen molar-refractivity contribution < 1.29 is 23.4 Å². The zero-order chi connectivity index (χ0) is 27.4. The normalized spacial score (nSPS) is 18.6. The van der Waals surface area contributed by atoms with Crippen LogP contribution in [0.25, 0.3) is 0 Å². The van der Waals surface area contributed by atoms with Crippen LogP contribution < -0.4 is 9.47 Å². The number of methoxy groups -OCH3 is 1. The van der Waals surface area contributed by atoms with Crippen molar-refractivity contribution in [1.82, 2.24) is 0 Å². The minimum Gasteiger partial charge on any atom is -0.467 e. The van der Waals surface area contributed by atoms with Crippen molar-refractivity contribution in [2.45, 2.75) is 38.5 Å². The van der Waals surface area contributed by atoms with Gasteiger partial charge < -0.3 is 14.2 Å². The highest BCUT2D eigenvalue weighted by molar-refractivity contribution is 5.81. The molecule has 0 N–H and O–H groups in total. The largest absolute Gasteiger partial charge is 0.467 e. The molecule has 0 spiro atoms. The van der Waals surface area contributed by atoms with Crippen LogP contribution in [-0.2, 0) is 21.4 Å². The highest BCUT2D eigenvalue weighted by Crippen LogP contribution is 2.64. The summed E-state index contributed by atoms with van der Waals surface area (Å²) in [5, 5.41) is 0. The monoisotopic (exact) mass is 522 g/mol. The van der Waals surface area contributed by atoms with E-state index in [4.69, 9.17) is 14.2 Å². The third-order valence-corrected chi connectivity index (χ3v) is 7.88. The van der Waals surface area contributed by atoms with Gasteiger partial charge in [-0.2, -0.15) is 0 Å². The van der Waals surface area contributed by atoms with Gasteiger partial charge >= 0.3 is 5.97 Å². The van der Waals surface area contributed by atoms with Crippen LogP contribution in [0, 0.1) is 11.2 Å². The van der Waals surface area contributed by atoms with Gasteiger partial charge in [-0.25, -0.2) is 4.39 Å². The fraction of sp³-hybridized carbons (Fsp3) is 0.265. The molecular weight excluding hydrogens is 491 g/mol. The molecule has 0 unspecified atom stereocenters. The lowest BCUT2D eigenvalue weighted by molar-refractivity contribution is -0.143. The topological polar surface area (TPSA) is 44.8 Å². The molecule has 3 aliphatic carbocycles. The van der Waals surface area contributed by atoms with Gasteiger partial charge in [0.25, 0.3) is 0 Å². The van der Waals surface area contributed by atoms with Crippen molar-refractivity contribution >= 4 is 5.97 Å². The number of hydrogen-bond donors (Lipinski definition) is 0. The van der Waals surface area contributed by atoms with Crippen molar-refractivity contribution in [1.29, 1.82) is 0 Å². The second-order valence-corrected chi connectivity index (χ2v) is 11.4. The van der Waals surface area contributed by atoms with Gasteiger partial charge in [-0.3, -0.25) is 4.79 Å². The summed E-state index contributed by atoms with van der Waals surface area (Å²) < 4.78 is 31.6. The highest BCUT2D eigenvalue weighted by atomic mass is 19.1. The predicted molar refractivity (Wildman–Crippen MR) is 148 cm³/mol. The Bertz CT molecular complexity index is 1520. The highest BCUT2D eigenvalue weighted by Gasteiger charge is 2.54. The van der Waals surface area contributed by atoms with Gasteiger partial charge in [-0.15, -0.1) is 0 Å². The van der Waals surface area contributed by atoms with E-state index in [1.807, 2.05) is 45.0 Å². The number of carbonyl (C=O) groups is 1. The Morgan fingerprint density at radius 3 is 2.03 bits per heavy atom. The zero-order valence-electron chi connectivity index (χ0n) is 22.6. The van der Waals surface area contributed by atoms with Crippen LogP contribution in [0.15, 0.2) is 84.9 Å². The Labute approximate surface area is 228 Å². The molecule has 7 rings (SSSR count). The molecule has 0 aliphatic heterocycles. The van der Waals surface area contributed by atoms with Gasteiger partial charge in [-0.1, -0.05) is 60.7 Å². The lowest BCUT2D eigenvalue weighted by atomic mass is 9.51. The first kappa shape index (κ1) is 25.3. The molecule has 198 valence electrons. The molecule has 0 fully saturated rings. The molecule has 0 amide bonds. The molecule has 2 bridgehead atoms. The van der Waals surface area contributed by atoms with Crippen molar-refractivity contribution in [2.24, 2.45) is 5.41 Å². The fourth-order valence-corrected chi connectivity index (χ4v) is 6.25. The molecule has 0 saturated carbocycles. The summed E-state index contributed by atoms with van der Waals surface area (Å²) in [6.07, 6.45) is 0.570. The maximum Gasteiger partial charge on any atom is 0.316 e. The Morgan fingerprint density at radius 1 is 0.846 bits per heavy atom. The molecule has 3 aliphatic rings. The molecular formula is C34H31FO4. The van der Waals surface area contributed by atoms with E-state index < -0.39 is 10.8 Å². The molecule has 4 aromatic carbocycles. The number of hydrogen-bond acceptors (Lipinski definition) is 4. The summed E-state index contributed by atoms with van der Waals surface area (Å²) in [5.74, 6) is 0.498. The Kier molecular flexibility index (Phi) is 6.07. The molecule has 0 atom stereocenters. The van der Waals surface area contributed by atoms with Gasteiger partial charge in [0.15, 0.2) is 6.79 Å². The second kappa shape index (κ2) is 9.35. The van der Waals surface area contributed by atoms with E-state index in [0.29, 0.717) is 17.9 Å². The lowest BCUT2D eigenvalue weighted by Gasteiger charge is -2.51.